The highest BCUT2D eigenvalue weighted by Crippen LogP contribution is 2.36. The fraction of sp³-hybridized carbons (Fsp3) is 0.300. The molecular weight excluding hydrogens is 226 g/mol. The van der Waals surface area contributed by atoms with Crippen LogP contribution in [0.4, 0.5) is 5.69 Å². The number of benzene rings is 1. The minimum Gasteiger partial charge on any atom is -0.490 e. The SMILES string of the molecule is COc1c(C(=O)NN)cc(C)c(C)c1[N+](=O)[O-]. The smallest absolute Gasteiger partial charge is 0.314 e. The zero-order valence-corrected chi connectivity index (χ0v) is 9.73. The van der Waals surface area contributed by atoms with Crippen molar-refractivity contribution in [2.45, 2.75) is 13.8 Å². The van der Waals surface area contributed by atoms with Crippen LogP contribution in [0.2, 0.25) is 0 Å². The molecule has 3 N–H and O–H groups in total. The monoisotopic (exact) mass is 239 g/mol. The van der Waals surface area contributed by atoms with E-state index in [1.807, 2.05) is 5.43 Å². The van der Waals surface area contributed by atoms with E-state index in [2.05, 4.69) is 0 Å². The number of nitro groups is 1. The summed E-state index contributed by atoms with van der Waals surface area (Å²) in [6.07, 6.45) is 0. The van der Waals surface area contributed by atoms with Gasteiger partial charge in [0, 0.05) is 5.56 Å². The van der Waals surface area contributed by atoms with E-state index in [4.69, 9.17) is 10.6 Å². The Morgan fingerprint density at radius 1 is 1.53 bits per heavy atom. The van der Waals surface area contributed by atoms with Crippen LogP contribution in [0.5, 0.6) is 5.75 Å². The van der Waals surface area contributed by atoms with Gasteiger partial charge < -0.3 is 4.74 Å². The van der Waals surface area contributed by atoms with E-state index in [9.17, 15) is 14.9 Å². The quantitative estimate of drug-likeness (QED) is 0.351. The van der Waals surface area contributed by atoms with Crippen molar-refractivity contribution in [2.24, 2.45) is 5.84 Å². The maximum atomic E-state index is 11.5. The highest BCUT2D eigenvalue weighted by molar-refractivity contribution is 5.98. The van der Waals surface area contributed by atoms with Gasteiger partial charge in [0.2, 0.25) is 5.75 Å². The lowest BCUT2D eigenvalue weighted by atomic mass is 10.0. The molecule has 0 aliphatic carbocycles. The van der Waals surface area contributed by atoms with Crippen molar-refractivity contribution < 1.29 is 14.5 Å². The van der Waals surface area contributed by atoms with Crippen LogP contribution in [0.25, 0.3) is 0 Å². The number of nitrogens with zero attached hydrogens (tertiary/aromatic N) is 1. The van der Waals surface area contributed by atoms with Gasteiger partial charge in [0.15, 0.2) is 0 Å². The van der Waals surface area contributed by atoms with E-state index >= 15 is 0 Å². The summed E-state index contributed by atoms with van der Waals surface area (Å²) >= 11 is 0. The van der Waals surface area contributed by atoms with E-state index < -0.39 is 10.8 Å². The molecule has 0 heterocycles. The van der Waals surface area contributed by atoms with E-state index in [1.54, 1.807) is 13.8 Å². The molecule has 0 saturated heterocycles. The van der Waals surface area contributed by atoms with Crippen LogP contribution in [0, 0.1) is 24.0 Å². The lowest BCUT2D eigenvalue weighted by Gasteiger charge is -2.11. The molecule has 1 amide bonds. The molecule has 0 bridgehead atoms. The summed E-state index contributed by atoms with van der Waals surface area (Å²) in [5, 5.41) is 11.0. The van der Waals surface area contributed by atoms with E-state index in [0.29, 0.717) is 11.1 Å². The number of hydrogen-bond acceptors (Lipinski definition) is 5. The van der Waals surface area contributed by atoms with Crippen molar-refractivity contribution in [1.29, 1.82) is 0 Å². The van der Waals surface area contributed by atoms with Gasteiger partial charge in [-0.2, -0.15) is 0 Å². The molecule has 0 spiro atoms. The fourth-order valence-corrected chi connectivity index (χ4v) is 1.55. The number of nitro benzene ring substituents is 1. The number of carbonyl (C=O) groups is 1. The van der Waals surface area contributed by atoms with Crippen molar-refractivity contribution in [1.82, 2.24) is 5.43 Å². The average Bonchev–Trinajstić information content (AvgIpc) is 2.30. The molecule has 92 valence electrons. The molecule has 7 heteroatoms. The van der Waals surface area contributed by atoms with Gasteiger partial charge in [-0.15, -0.1) is 0 Å². The molecular formula is C10H13N3O4. The third-order valence-corrected chi connectivity index (χ3v) is 2.53. The molecule has 0 aromatic heterocycles. The number of ether oxygens (including phenoxy) is 1. The predicted molar refractivity (Wildman–Crippen MR) is 60.8 cm³/mol. The van der Waals surface area contributed by atoms with Crippen molar-refractivity contribution in [3.05, 3.63) is 32.9 Å². The van der Waals surface area contributed by atoms with Crippen LogP contribution >= 0.6 is 0 Å². The second-order valence-electron chi connectivity index (χ2n) is 3.48. The first kappa shape index (κ1) is 12.9. The number of carbonyl (C=O) groups excluding carboxylic acids is 1. The summed E-state index contributed by atoms with van der Waals surface area (Å²) in [5.41, 5.74) is 2.84. The Labute approximate surface area is 97.7 Å². The number of nitrogens with one attached hydrogen (secondary N) is 1. The van der Waals surface area contributed by atoms with E-state index in [-0.39, 0.29) is 17.0 Å². The fourth-order valence-electron chi connectivity index (χ4n) is 1.55. The standard InChI is InChI=1S/C10H13N3O4/c1-5-4-7(10(14)12-11)9(17-3)8(6(5)2)13(15)16/h4H,11H2,1-3H3,(H,12,14). The minimum absolute atomic E-state index is 0.0461. The van der Waals surface area contributed by atoms with Gasteiger partial charge in [-0.05, 0) is 25.5 Å². The lowest BCUT2D eigenvalue weighted by Crippen LogP contribution is -2.30. The highest BCUT2D eigenvalue weighted by Gasteiger charge is 2.26. The first-order valence-corrected chi connectivity index (χ1v) is 4.77. The van der Waals surface area contributed by atoms with Gasteiger partial charge in [-0.3, -0.25) is 20.3 Å². The molecule has 0 saturated carbocycles. The van der Waals surface area contributed by atoms with Crippen LogP contribution in [0.15, 0.2) is 6.07 Å². The zero-order valence-electron chi connectivity index (χ0n) is 9.73. The average molecular weight is 239 g/mol. The largest absolute Gasteiger partial charge is 0.490 e. The first-order chi connectivity index (χ1) is 7.93. The van der Waals surface area contributed by atoms with E-state index in [0.717, 1.165) is 0 Å². The Morgan fingerprint density at radius 2 is 2.12 bits per heavy atom. The second kappa shape index (κ2) is 4.79. The zero-order chi connectivity index (χ0) is 13.2. The van der Waals surface area contributed by atoms with Crippen LogP contribution in [-0.2, 0) is 0 Å². The summed E-state index contributed by atoms with van der Waals surface area (Å²) in [5.74, 6) is 4.30. The number of hydrazine groups is 1. The van der Waals surface area contributed by atoms with Crippen LogP contribution in [-0.4, -0.2) is 17.9 Å². The Hall–Kier alpha value is -2.15. The molecule has 7 nitrogen and oxygen atoms in total. The minimum atomic E-state index is -0.631. The Kier molecular flexibility index (Phi) is 3.64. The van der Waals surface area contributed by atoms with Gasteiger partial charge in [-0.1, -0.05) is 0 Å². The summed E-state index contributed by atoms with van der Waals surface area (Å²) < 4.78 is 4.94. The number of nitrogen functional groups attached to an aromatic ring is 1. The number of rotatable bonds is 3. The Balaban J connectivity index is 3.63. The molecule has 0 atom stereocenters. The maximum absolute atomic E-state index is 11.5. The van der Waals surface area contributed by atoms with Crippen molar-refractivity contribution in [3.63, 3.8) is 0 Å². The third kappa shape index (κ3) is 2.18. The second-order valence-corrected chi connectivity index (χ2v) is 3.48. The summed E-state index contributed by atoms with van der Waals surface area (Å²) in [6.45, 7) is 3.27. The summed E-state index contributed by atoms with van der Waals surface area (Å²) in [7, 11) is 1.27. The number of amides is 1. The van der Waals surface area contributed by atoms with Gasteiger partial charge in [0.05, 0.1) is 17.6 Å². The molecule has 0 radical (unpaired) electrons. The summed E-state index contributed by atoms with van der Waals surface area (Å²) in [4.78, 5) is 21.9. The maximum Gasteiger partial charge on any atom is 0.314 e. The van der Waals surface area contributed by atoms with Crippen LogP contribution in [0.3, 0.4) is 0 Å². The third-order valence-electron chi connectivity index (χ3n) is 2.53. The molecule has 0 unspecified atom stereocenters. The normalized spacial score (nSPS) is 9.88. The predicted octanol–water partition coefficient (Wildman–Crippen LogP) is 0.824. The number of hydrogen-bond donors (Lipinski definition) is 2. The van der Waals surface area contributed by atoms with Gasteiger partial charge in [0.1, 0.15) is 0 Å². The van der Waals surface area contributed by atoms with Crippen molar-refractivity contribution in [2.75, 3.05) is 7.11 Å². The first-order valence-electron chi connectivity index (χ1n) is 4.77. The van der Waals surface area contributed by atoms with Crippen molar-refractivity contribution in [3.8, 4) is 5.75 Å². The molecule has 1 aromatic carbocycles. The lowest BCUT2D eigenvalue weighted by molar-refractivity contribution is -0.386. The Morgan fingerprint density at radius 3 is 2.53 bits per heavy atom. The van der Waals surface area contributed by atoms with Gasteiger partial charge >= 0.3 is 5.69 Å². The van der Waals surface area contributed by atoms with Crippen LogP contribution < -0.4 is 16.0 Å². The highest BCUT2D eigenvalue weighted by atomic mass is 16.6. The molecule has 1 rings (SSSR count). The summed E-state index contributed by atoms with van der Waals surface area (Å²) in [6, 6.07) is 1.50. The van der Waals surface area contributed by atoms with Crippen LogP contribution in [0.1, 0.15) is 21.5 Å². The van der Waals surface area contributed by atoms with Gasteiger partial charge in [-0.25, -0.2) is 5.84 Å². The Bertz CT molecular complexity index is 485. The molecule has 0 aliphatic rings. The van der Waals surface area contributed by atoms with Crippen molar-refractivity contribution >= 4 is 11.6 Å². The molecule has 1 aromatic rings. The topological polar surface area (TPSA) is 107 Å². The molecule has 0 aliphatic heterocycles. The van der Waals surface area contributed by atoms with E-state index in [1.165, 1.54) is 13.2 Å². The molecule has 17 heavy (non-hydrogen) atoms. The number of nitrogens with two attached hydrogens (primary N) is 1. The molecule has 0 fully saturated rings. The number of aryl methyl sites for hydroxylation is 1. The number of methoxy groups -OCH3 is 1. The van der Waals surface area contributed by atoms with Gasteiger partial charge in [0.25, 0.3) is 5.91 Å².